The molecule has 35 heavy (non-hydrogen) atoms. The summed E-state index contributed by atoms with van der Waals surface area (Å²) in [5.74, 6) is 1.55. The molecule has 0 bridgehead atoms. The van der Waals surface area contributed by atoms with Crippen molar-refractivity contribution >= 4 is 18.3 Å². The molecule has 1 rings (SSSR count). The molecular formula is C26H47ClN2O6. The van der Waals surface area contributed by atoms with Crippen LogP contribution in [-0.4, -0.2) is 68.9 Å². The zero-order valence-electron chi connectivity index (χ0n) is 22.0. The third-order valence-corrected chi connectivity index (χ3v) is 6.16. The molecule has 0 aliphatic heterocycles. The Morgan fingerprint density at radius 1 is 1.09 bits per heavy atom. The van der Waals surface area contributed by atoms with Gasteiger partial charge in [0.25, 0.3) is 0 Å². The number of hydrogen-bond acceptors (Lipinski definition) is 7. The third kappa shape index (κ3) is 12.8. The highest BCUT2D eigenvalue weighted by molar-refractivity contribution is 5.85. The molecule has 0 unspecified atom stereocenters. The SMILES string of the molecule is COCCCOc1cc(C[C@@H](C[C@H](N)[C@@H](O)C[C@@H](C)C(=O)NCCCO)C(C)C)ccc1OC.Cl. The second-order valence-corrected chi connectivity index (χ2v) is 9.36. The molecule has 0 saturated heterocycles. The van der Waals surface area contributed by atoms with E-state index in [2.05, 4.69) is 19.2 Å². The number of nitrogens with two attached hydrogens (primary N) is 1. The number of benzene rings is 1. The fourth-order valence-corrected chi connectivity index (χ4v) is 3.86. The van der Waals surface area contributed by atoms with Gasteiger partial charge in [-0.25, -0.2) is 0 Å². The Kier molecular flexibility index (Phi) is 17.8. The predicted molar refractivity (Wildman–Crippen MR) is 141 cm³/mol. The molecule has 1 amide bonds. The van der Waals surface area contributed by atoms with Gasteiger partial charge in [0.15, 0.2) is 11.5 Å². The number of carbonyl (C=O) groups excluding carboxylic acids is 1. The summed E-state index contributed by atoms with van der Waals surface area (Å²) >= 11 is 0. The van der Waals surface area contributed by atoms with E-state index in [0.717, 1.165) is 18.4 Å². The molecule has 0 fully saturated rings. The van der Waals surface area contributed by atoms with Gasteiger partial charge in [0.05, 0.1) is 19.8 Å². The number of aliphatic hydroxyl groups is 2. The predicted octanol–water partition coefficient (Wildman–Crippen LogP) is 2.95. The largest absolute Gasteiger partial charge is 0.493 e. The van der Waals surface area contributed by atoms with Gasteiger partial charge in [0.2, 0.25) is 5.91 Å². The molecule has 0 saturated carbocycles. The monoisotopic (exact) mass is 518 g/mol. The second-order valence-electron chi connectivity index (χ2n) is 9.36. The summed E-state index contributed by atoms with van der Waals surface area (Å²) in [6, 6.07) is 5.55. The molecule has 1 aromatic carbocycles. The average Bonchev–Trinajstić information content (AvgIpc) is 2.81. The Morgan fingerprint density at radius 2 is 1.80 bits per heavy atom. The van der Waals surface area contributed by atoms with E-state index in [4.69, 9.17) is 25.1 Å². The first-order chi connectivity index (χ1) is 16.2. The maximum absolute atomic E-state index is 12.2. The summed E-state index contributed by atoms with van der Waals surface area (Å²) in [4.78, 5) is 12.2. The molecule has 0 aliphatic rings. The third-order valence-electron chi connectivity index (χ3n) is 6.16. The van der Waals surface area contributed by atoms with E-state index < -0.39 is 12.1 Å². The zero-order valence-corrected chi connectivity index (χ0v) is 22.8. The van der Waals surface area contributed by atoms with Crippen LogP contribution in [0.3, 0.4) is 0 Å². The van der Waals surface area contributed by atoms with Gasteiger partial charge in [-0.3, -0.25) is 4.79 Å². The summed E-state index contributed by atoms with van der Waals surface area (Å²) < 4.78 is 16.4. The number of amides is 1. The molecule has 0 radical (unpaired) electrons. The lowest BCUT2D eigenvalue weighted by atomic mass is 9.82. The van der Waals surface area contributed by atoms with E-state index >= 15 is 0 Å². The van der Waals surface area contributed by atoms with Crippen LogP contribution in [0, 0.1) is 17.8 Å². The molecule has 0 spiro atoms. The molecule has 0 aromatic heterocycles. The van der Waals surface area contributed by atoms with Crippen molar-refractivity contribution in [2.45, 2.75) is 65.0 Å². The summed E-state index contributed by atoms with van der Waals surface area (Å²) in [6.45, 7) is 7.76. The van der Waals surface area contributed by atoms with Gasteiger partial charge in [0.1, 0.15) is 0 Å². The van der Waals surface area contributed by atoms with Crippen LogP contribution >= 0.6 is 12.4 Å². The molecule has 1 aromatic rings. The number of carbonyl (C=O) groups is 1. The highest BCUT2D eigenvalue weighted by Gasteiger charge is 2.26. The lowest BCUT2D eigenvalue weighted by Gasteiger charge is -2.28. The summed E-state index contributed by atoms with van der Waals surface area (Å²) in [7, 11) is 3.30. The van der Waals surface area contributed by atoms with Crippen molar-refractivity contribution in [2.24, 2.45) is 23.5 Å². The Labute approximate surface area is 217 Å². The van der Waals surface area contributed by atoms with E-state index in [9.17, 15) is 9.90 Å². The molecule has 0 heterocycles. The molecule has 204 valence electrons. The van der Waals surface area contributed by atoms with Crippen molar-refractivity contribution in [3.05, 3.63) is 23.8 Å². The fraction of sp³-hybridized carbons (Fsp3) is 0.731. The van der Waals surface area contributed by atoms with Gasteiger partial charge < -0.3 is 35.5 Å². The number of rotatable bonds is 18. The van der Waals surface area contributed by atoms with Crippen LogP contribution in [0.4, 0.5) is 0 Å². The first-order valence-corrected chi connectivity index (χ1v) is 12.3. The first-order valence-electron chi connectivity index (χ1n) is 12.3. The van der Waals surface area contributed by atoms with Crippen LogP contribution in [-0.2, 0) is 16.0 Å². The normalized spacial score (nSPS) is 14.5. The average molecular weight is 519 g/mol. The van der Waals surface area contributed by atoms with Crippen molar-refractivity contribution in [3.63, 3.8) is 0 Å². The molecule has 5 N–H and O–H groups in total. The Balaban J connectivity index is 0.0000116. The van der Waals surface area contributed by atoms with Gasteiger partial charge in [-0.1, -0.05) is 26.8 Å². The molecule has 8 nitrogen and oxygen atoms in total. The molecule has 4 atom stereocenters. The van der Waals surface area contributed by atoms with E-state index in [-0.39, 0.29) is 36.8 Å². The van der Waals surface area contributed by atoms with E-state index in [1.165, 1.54) is 0 Å². The van der Waals surface area contributed by atoms with Gasteiger partial charge in [0, 0.05) is 45.2 Å². The Bertz CT molecular complexity index is 706. The van der Waals surface area contributed by atoms with Crippen LogP contribution < -0.4 is 20.5 Å². The maximum Gasteiger partial charge on any atom is 0.222 e. The number of hydrogen-bond donors (Lipinski definition) is 4. The standard InChI is InChI=1S/C26H46N2O6.ClH/c1-18(2)21(17-22(27)23(30)14-19(3)26(31)28-10-6-11-29)15-20-8-9-24(33-5)25(16-20)34-13-7-12-32-4;/h8-9,16,18-19,21-23,29-30H,6-7,10-15,17,27H2,1-5H3,(H,28,31);1H/t19-,21+,22+,23+;/m1./s1. The Morgan fingerprint density at radius 3 is 2.40 bits per heavy atom. The highest BCUT2D eigenvalue weighted by atomic mass is 35.5. The fourth-order valence-electron chi connectivity index (χ4n) is 3.86. The number of aliphatic hydroxyl groups excluding tert-OH is 2. The van der Waals surface area contributed by atoms with Crippen molar-refractivity contribution in [2.75, 3.05) is 40.6 Å². The van der Waals surface area contributed by atoms with Crippen LogP contribution in [0.25, 0.3) is 0 Å². The molecular weight excluding hydrogens is 472 g/mol. The van der Waals surface area contributed by atoms with Crippen LogP contribution in [0.5, 0.6) is 11.5 Å². The van der Waals surface area contributed by atoms with E-state index in [0.29, 0.717) is 56.4 Å². The lowest BCUT2D eigenvalue weighted by molar-refractivity contribution is -0.125. The van der Waals surface area contributed by atoms with Crippen LogP contribution in [0.15, 0.2) is 18.2 Å². The van der Waals surface area contributed by atoms with Crippen LogP contribution in [0.2, 0.25) is 0 Å². The number of ether oxygens (including phenoxy) is 3. The smallest absolute Gasteiger partial charge is 0.222 e. The van der Waals surface area contributed by atoms with E-state index in [1.54, 1.807) is 21.1 Å². The topological polar surface area (TPSA) is 123 Å². The van der Waals surface area contributed by atoms with Crippen molar-refractivity contribution in [1.82, 2.24) is 5.32 Å². The number of halogens is 1. The van der Waals surface area contributed by atoms with Gasteiger partial charge in [-0.05, 0) is 55.2 Å². The maximum atomic E-state index is 12.2. The lowest BCUT2D eigenvalue weighted by Crippen LogP contribution is -2.41. The summed E-state index contributed by atoms with van der Waals surface area (Å²) in [5.41, 5.74) is 7.50. The number of methoxy groups -OCH3 is 2. The van der Waals surface area contributed by atoms with Crippen molar-refractivity contribution in [1.29, 1.82) is 0 Å². The minimum Gasteiger partial charge on any atom is -0.493 e. The first kappa shape index (κ1) is 33.4. The molecule has 0 aliphatic carbocycles. The minimum atomic E-state index is -0.768. The van der Waals surface area contributed by atoms with Crippen molar-refractivity contribution in [3.8, 4) is 11.5 Å². The van der Waals surface area contributed by atoms with Gasteiger partial charge in [-0.15, -0.1) is 12.4 Å². The van der Waals surface area contributed by atoms with Gasteiger partial charge >= 0.3 is 0 Å². The van der Waals surface area contributed by atoms with Crippen molar-refractivity contribution < 1.29 is 29.2 Å². The quantitative estimate of drug-likeness (QED) is 0.220. The zero-order chi connectivity index (χ0) is 25.5. The number of nitrogens with one attached hydrogen (secondary N) is 1. The molecule has 9 heteroatoms. The van der Waals surface area contributed by atoms with E-state index in [1.807, 2.05) is 18.2 Å². The summed E-state index contributed by atoms with van der Waals surface area (Å²) in [5, 5.41) is 22.3. The Hall–Kier alpha value is -1.58. The minimum absolute atomic E-state index is 0. The second kappa shape index (κ2) is 18.7. The summed E-state index contributed by atoms with van der Waals surface area (Å²) in [6.07, 6.45) is 2.29. The van der Waals surface area contributed by atoms with Gasteiger partial charge in [-0.2, -0.15) is 0 Å². The highest BCUT2D eigenvalue weighted by Crippen LogP contribution is 2.31. The van der Waals surface area contributed by atoms with Crippen LogP contribution in [0.1, 0.15) is 52.0 Å².